The zero-order chi connectivity index (χ0) is 16.7. The van der Waals surface area contributed by atoms with Crippen LogP contribution in [0.25, 0.3) is 11.3 Å². The standard InChI is InChI=1S/C17H21N3O3S.ClH/c1-12-19-17(11-23-12)13-2-6-16(7-3-13)24(21,22)20-14-4-5-15(20)10-18-9-8-14;/h2-3,6-7,11,14-15,18H,4-5,8-10H2,1H3;1H. The Bertz CT molecular complexity index is 821. The molecular weight excluding hydrogens is 362 g/mol. The largest absolute Gasteiger partial charge is 0.449 e. The molecule has 25 heavy (non-hydrogen) atoms. The molecule has 8 heteroatoms. The van der Waals surface area contributed by atoms with E-state index in [9.17, 15) is 8.42 Å². The average Bonchev–Trinajstić information content (AvgIpc) is 3.10. The number of benzene rings is 1. The average molecular weight is 384 g/mol. The zero-order valence-electron chi connectivity index (χ0n) is 14.0. The zero-order valence-corrected chi connectivity index (χ0v) is 15.6. The Morgan fingerprint density at radius 1 is 1.16 bits per heavy atom. The molecule has 0 aliphatic carbocycles. The SMILES string of the molecule is Cc1nc(-c2ccc(S(=O)(=O)N3C4CCNCC3CC4)cc2)co1.Cl. The second-order valence-corrected chi connectivity index (χ2v) is 8.33. The van der Waals surface area contributed by atoms with Gasteiger partial charge in [-0.2, -0.15) is 4.31 Å². The molecular formula is C17H22ClN3O3S. The molecule has 0 amide bonds. The molecule has 4 rings (SSSR count). The first-order valence-corrected chi connectivity index (χ1v) is 9.76. The molecule has 2 saturated heterocycles. The molecule has 2 aromatic rings. The highest BCUT2D eigenvalue weighted by Crippen LogP contribution is 2.34. The van der Waals surface area contributed by atoms with E-state index < -0.39 is 10.0 Å². The highest BCUT2D eigenvalue weighted by molar-refractivity contribution is 7.89. The van der Waals surface area contributed by atoms with Crippen LogP contribution in [0.3, 0.4) is 0 Å². The lowest BCUT2D eigenvalue weighted by Crippen LogP contribution is -2.42. The number of rotatable bonds is 3. The van der Waals surface area contributed by atoms with Crippen molar-refractivity contribution in [2.75, 3.05) is 13.1 Å². The second-order valence-electron chi connectivity index (χ2n) is 6.49. The summed E-state index contributed by atoms with van der Waals surface area (Å²) in [6, 6.07) is 7.12. The van der Waals surface area contributed by atoms with Crippen LogP contribution >= 0.6 is 12.4 Å². The van der Waals surface area contributed by atoms with Gasteiger partial charge in [0.25, 0.3) is 0 Å². The van der Waals surface area contributed by atoms with Crippen molar-refractivity contribution in [3.05, 3.63) is 36.4 Å². The number of aromatic nitrogens is 1. The van der Waals surface area contributed by atoms with Crippen LogP contribution in [0.4, 0.5) is 0 Å². The lowest BCUT2D eigenvalue weighted by atomic mass is 10.1. The van der Waals surface area contributed by atoms with Crippen LogP contribution in [0.5, 0.6) is 0 Å². The van der Waals surface area contributed by atoms with Crippen molar-refractivity contribution >= 4 is 22.4 Å². The van der Waals surface area contributed by atoms with Crippen molar-refractivity contribution in [1.29, 1.82) is 0 Å². The molecule has 0 saturated carbocycles. The summed E-state index contributed by atoms with van der Waals surface area (Å²) in [5.41, 5.74) is 1.57. The summed E-state index contributed by atoms with van der Waals surface area (Å²) in [6.45, 7) is 3.41. The molecule has 0 spiro atoms. The third kappa shape index (κ3) is 3.33. The third-order valence-electron chi connectivity index (χ3n) is 4.93. The molecule has 2 atom stereocenters. The molecule has 6 nitrogen and oxygen atoms in total. The van der Waals surface area contributed by atoms with E-state index in [2.05, 4.69) is 10.3 Å². The van der Waals surface area contributed by atoms with E-state index in [1.165, 1.54) is 0 Å². The Morgan fingerprint density at radius 3 is 2.56 bits per heavy atom. The van der Waals surface area contributed by atoms with Gasteiger partial charge in [-0.05, 0) is 37.9 Å². The van der Waals surface area contributed by atoms with Gasteiger partial charge < -0.3 is 9.73 Å². The highest BCUT2D eigenvalue weighted by atomic mass is 35.5. The van der Waals surface area contributed by atoms with Gasteiger partial charge in [-0.15, -0.1) is 12.4 Å². The first kappa shape index (κ1) is 18.4. The van der Waals surface area contributed by atoms with Crippen LogP contribution in [-0.4, -0.2) is 42.9 Å². The number of nitrogens with zero attached hydrogens (tertiary/aromatic N) is 2. The van der Waals surface area contributed by atoms with Crippen LogP contribution in [0.2, 0.25) is 0 Å². The van der Waals surface area contributed by atoms with Crippen molar-refractivity contribution < 1.29 is 12.8 Å². The van der Waals surface area contributed by atoms with E-state index >= 15 is 0 Å². The Labute approximate surface area is 154 Å². The number of aryl methyl sites for hydroxylation is 1. The van der Waals surface area contributed by atoms with E-state index in [1.807, 2.05) is 0 Å². The number of hydrogen-bond acceptors (Lipinski definition) is 5. The summed E-state index contributed by atoms with van der Waals surface area (Å²) in [6.07, 6.45) is 4.36. The van der Waals surface area contributed by atoms with Gasteiger partial charge in [0.15, 0.2) is 5.89 Å². The van der Waals surface area contributed by atoms with Gasteiger partial charge in [-0.3, -0.25) is 0 Å². The normalized spacial score (nSPS) is 23.9. The minimum atomic E-state index is -3.47. The minimum Gasteiger partial charge on any atom is -0.449 e. The molecule has 0 radical (unpaired) electrons. The van der Waals surface area contributed by atoms with Crippen LogP contribution in [0, 0.1) is 6.92 Å². The van der Waals surface area contributed by atoms with Gasteiger partial charge in [0.2, 0.25) is 10.0 Å². The number of sulfonamides is 1. The molecule has 2 bridgehead atoms. The molecule has 2 unspecified atom stereocenters. The molecule has 1 aromatic heterocycles. The molecule has 2 fully saturated rings. The summed E-state index contributed by atoms with van der Waals surface area (Å²) in [5, 5.41) is 3.34. The van der Waals surface area contributed by atoms with Gasteiger partial charge in [-0.25, -0.2) is 13.4 Å². The van der Waals surface area contributed by atoms with Crippen LogP contribution < -0.4 is 5.32 Å². The quantitative estimate of drug-likeness (QED) is 0.881. The lowest BCUT2D eigenvalue weighted by molar-refractivity contribution is 0.334. The fourth-order valence-electron chi connectivity index (χ4n) is 3.75. The smallest absolute Gasteiger partial charge is 0.243 e. The van der Waals surface area contributed by atoms with E-state index in [0.29, 0.717) is 10.8 Å². The van der Waals surface area contributed by atoms with E-state index in [-0.39, 0.29) is 24.5 Å². The number of oxazole rings is 1. The van der Waals surface area contributed by atoms with Gasteiger partial charge in [-0.1, -0.05) is 12.1 Å². The summed E-state index contributed by atoms with van der Waals surface area (Å²) < 4.78 is 33.2. The maximum atomic E-state index is 13.1. The van der Waals surface area contributed by atoms with Gasteiger partial charge in [0, 0.05) is 31.1 Å². The fourth-order valence-corrected chi connectivity index (χ4v) is 5.65. The van der Waals surface area contributed by atoms with Gasteiger partial charge in [0.05, 0.1) is 4.90 Å². The van der Waals surface area contributed by atoms with E-state index in [4.69, 9.17) is 4.42 Å². The topological polar surface area (TPSA) is 75.4 Å². The Morgan fingerprint density at radius 2 is 1.88 bits per heavy atom. The van der Waals surface area contributed by atoms with Crippen LogP contribution in [0.1, 0.15) is 25.2 Å². The monoisotopic (exact) mass is 383 g/mol. The Hall–Kier alpha value is -1.41. The van der Waals surface area contributed by atoms with E-state index in [1.54, 1.807) is 41.8 Å². The van der Waals surface area contributed by atoms with E-state index in [0.717, 1.165) is 43.6 Å². The summed E-state index contributed by atoms with van der Waals surface area (Å²) >= 11 is 0. The maximum Gasteiger partial charge on any atom is 0.243 e. The van der Waals surface area contributed by atoms with Crippen molar-refractivity contribution in [3.63, 3.8) is 0 Å². The molecule has 2 aliphatic rings. The van der Waals surface area contributed by atoms with Crippen molar-refractivity contribution in [1.82, 2.24) is 14.6 Å². The van der Waals surface area contributed by atoms with Crippen LogP contribution in [0.15, 0.2) is 39.8 Å². The Kier molecular flexibility index (Phi) is 5.20. The van der Waals surface area contributed by atoms with Crippen molar-refractivity contribution in [3.8, 4) is 11.3 Å². The summed E-state index contributed by atoms with van der Waals surface area (Å²) in [5.74, 6) is 0.593. The highest BCUT2D eigenvalue weighted by Gasteiger charge is 2.42. The lowest BCUT2D eigenvalue weighted by Gasteiger charge is -2.26. The van der Waals surface area contributed by atoms with Gasteiger partial charge in [0.1, 0.15) is 12.0 Å². The number of nitrogens with one attached hydrogen (secondary N) is 1. The Balaban J connectivity index is 0.00000182. The molecule has 1 N–H and O–H groups in total. The predicted molar refractivity (Wildman–Crippen MR) is 97.2 cm³/mol. The number of hydrogen-bond donors (Lipinski definition) is 1. The van der Waals surface area contributed by atoms with Crippen molar-refractivity contribution in [2.24, 2.45) is 0 Å². The second kappa shape index (κ2) is 7.07. The molecule has 2 aliphatic heterocycles. The van der Waals surface area contributed by atoms with Crippen LogP contribution in [-0.2, 0) is 10.0 Å². The maximum absolute atomic E-state index is 13.1. The number of fused-ring (bicyclic) bond motifs is 2. The number of halogens is 1. The summed E-state index contributed by atoms with van der Waals surface area (Å²) in [7, 11) is -3.47. The molecule has 136 valence electrons. The first-order valence-electron chi connectivity index (χ1n) is 8.32. The van der Waals surface area contributed by atoms with Crippen molar-refractivity contribution in [2.45, 2.75) is 43.2 Å². The predicted octanol–water partition coefficient (Wildman–Crippen LogP) is 2.59. The molecule has 1 aromatic carbocycles. The fraction of sp³-hybridized carbons (Fsp3) is 0.471. The molecule has 3 heterocycles. The van der Waals surface area contributed by atoms with Gasteiger partial charge >= 0.3 is 0 Å². The third-order valence-corrected chi connectivity index (χ3v) is 6.95. The summed E-state index contributed by atoms with van der Waals surface area (Å²) in [4.78, 5) is 4.63. The minimum absolute atomic E-state index is 0. The first-order chi connectivity index (χ1) is 11.6.